The molecule has 0 saturated heterocycles. The van der Waals surface area contributed by atoms with Crippen molar-refractivity contribution in [3.05, 3.63) is 23.8 Å². The molecular formula is C10H14O. The summed E-state index contributed by atoms with van der Waals surface area (Å²) in [6.45, 7) is 0.336. The highest BCUT2D eigenvalue weighted by Crippen LogP contribution is 2.52. The van der Waals surface area contributed by atoms with Crippen molar-refractivity contribution in [2.75, 3.05) is 6.61 Å². The number of aliphatic hydroxyl groups is 1. The first kappa shape index (κ1) is 7.11. The highest BCUT2D eigenvalue weighted by atomic mass is 16.3. The SMILES string of the molecule is OCC1(C2=CCCC=C2)CC1. The molecule has 0 radical (unpaired) electrons. The van der Waals surface area contributed by atoms with Gasteiger partial charge in [0.25, 0.3) is 0 Å². The highest BCUT2D eigenvalue weighted by molar-refractivity contribution is 5.34. The zero-order valence-corrected chi connectivity index (χ0v) is 6.71. The van der Waals surface area contributed by atoms with Crippen LogP contribution in [0.5, 0.6) is 0 Å². The number of aliphatic hydroxyl groups excluding tert-OH is 1. The molecule has 0 heterocycles. The van der Waals surface area contributed by atoms with Crippen LogP contribution in [0, 0.1) is 5.41 Å². The lowest BCUT2D eigenvalue weighted by Crippen LogP contribution is -2.09. The molecule has 60 valence electrons. The van der Waals surface area contributed by atoms with Gasteiger partial charge in [-0.2, -0.15) is 0 Å². The summed E-state index contributed by atoms with van der Waals surface area (Å²) in [5, 5.41) is 9.13. The van der Waals surface area contributed by atoms with Gasteiger partial charge in [0.1, 0.15) is 0 Å². The Morgan fingerprint density at radius 3 is 2.64 bits per heavy atom. The lowest BCUT2D eigenvalue weighted by molar-refractivity contribution is 0.236. The third-order valence-electron chi connectivity index (χ3n) is 2.76. The van der Waals surface area contributed by atoms with Crippen molar-refractivity contribution < 1.29 is 5.11 Å². The summed E-state index contributed by atoms with van der Waals surface area (Å²) < 4.78 is 0. The van der Waals surface area contributed by atoms with Crippen molar-refractivity contribution in [3.63, 3.8) is 0 Å². The Morgan fingerprint density at radius 2 is 2.18 bits per heavy atom. The first-order chi connectivity index (χ1) is 5.37. The Morgan fingerprint density at radius 1 is 1.36 bits per heavy atom. The van der Waals surface area contributed by atoms with Crippen LogP contribution in [0.3, 0.4) is 0 Å². The van der Waals surface area contributed by atoms with E-state index >= 15 is 0 Å². The maximum Gasteiger partial charge on any atom is 0.0527 e. The van der Waals surface area contributed by atoms with Crippen molar-refractivity contribution in [3.8, 4) is 0 Å². The second kappa shape index (κ2) is 2.49. The van der Waals surface area contributed by atoms with Gasteiger partial charge in [0.05, 0.1) is 6.61 Å². The molecule has 1 saturated carbocycles. The lowest BCUT2D eigenvalue weighted by atomic mass is 9.92. The summed E-state index contributed by atoms with van der Waals surface area (Å²) in [6.07, 6.45) is 11.4. The molecule has 0 spiro atoms. The lowest BCUT2D eigenvalue weighted by Gasteiger charge is -2.15. The summed E-state index contributed by atoms with van der Waals surface area (Å²) in [5.74, 6) is 0. The Balaban J connectivity index is 2.15. The van der Waals surface area contributed by atoms with E-state index in [9.17, 15) is 0 Å². The van der Waals surface area contributed by atoms with E-state index in [4.69, 9.17) is 5.11 Å². The van der Waals surface area contributed by atoms with E-state index < -0.39 is 0 Å². The molecule has 0 aromatic carbocycles. The molecule has 1 N–H and O–H groups in total. The molecule has 2 aliphatic carbocycles. The summed E-state index contributed by atoms with van der Waals surface area (Å²) >= 11 is 0. The molecule has 0 bridgehead atoms. The quantitative estimate of drug-likeness (QED) is 0.638. The molecule has 1 nitrogen and oxygen atoms in total. The second-order valence-corrected chi connectivity index (χ2v) is 3.58. The maximum absolute atomic E-state index is 9.13. The van der Waals surface area contributed by atoms with E-state index in [-0.39, 0.29) is 5.41 Å². The van der Waals surface area contributed by atoms with Gasteiger partial charge in [0.2, 0.25) is 0 Å². The van der Waals surface area contributed by atoms with Crippen LogP contribution in [0.25, 0.3) is 0 Å². The van der Waals surface area contributed by atoms with Crippen LogP contribution in [0.1, 0.15) is 25.7 Å². The van der Waals surface area contributed by atoms with Crippen molar-refractivity contribution >= 4 is 0 Å². The van der Waals surface area contributed by atoms with Crippen LogP contribution in [0.2, 0.25) is 0 Å². The molecule has 0 aromatic heterocycles. The Labute approximate surface area is 67.4 Å². The normalized spacial score (nSPS) is 26.5. The molecule has 0 aromatic rings. The van der Waals surface area contributed by atoms with Crippen LogP contribution in [0.15, 0.2) is 23.8 Å². The summed E-state index contributed by atoms with van der Waals surface area (Å²) in [7, 11) is 0. The highest BCUT2D eigenvalue weighted by Gasteiger charge is 2.44. The van der Waals surface area contributed by atoms with E-state index in [2.05, 4.69) is 18.2 Å². The molecule has 0 amide bonds. The van der Waals surface area contributed by atoms with Gasteiger partial charge in [0.15, 0.2) is 0 Å². The van der Waals surface area contributed by atoms with Crippen molar-refractivity contribution in [1.82, 2.24) is 0 Å². The smallest absolute Gasteiger partial charge is 0.0527 e. The first-order valence-corrected chi connectivity index (χ1v) is 4.35. The molecule has 0 unspecified atom stereocenters. The summed E-state index contributed by atoms with van der Waals surface area (Å²) in [5.41, 5.74) is 1.57. The standard InChI is InChI=1S/C10H14O/c11-8-10(6-7-10)9-4-2-1-3-5-9/h2,4-5,11H,1,3,6-8H2. The topological polar surface area (TPSA) is 20.2 Å². The minimum Gasteiger partial charge on any atom is -0.395 e. The van der Waals surface area contributed by atoms with E-state index in [0.29, 0.717) is 6.61 Å². The predicted molar refractivity (Wildman–Crippen MR) is 45.2 cm³/mol. The third-order valence-corrected chi connectivity index (χ3v) is 2.76. The first-order valence-electron chi connectivity index (χ1n) is 4.35. The Hall–Kier alpha value is -0.560. The number of hydrogen-bond acceptors (Lipinski definition) is 1. The van der Waals surface area contributed by atoms with Crippen molar-refractivity contribution in [1.29, 1.82) is 0 Å². The molecule has 0 atom stereocenters. The predicted octanol–water partition coefficient (Wildman–Crippen LogP) is 2.04. The molecule has 11 heavy (non-hydrogen) atoms. The van der Waals surface area contributed by atoms with Crippen LogP contribution >= 0.6 is 0 Å². The van der Waals surface area contributed by atoms with Gasteiger partial charge in [-0.05, 0) is 31.3 Å². The van der Waals surface area contributed by atoms with Gasteiger partial charge in [-0.15, -0.1) is 0 Å². The number of hydrogen-bond donors (Lipinski definition) is 1. The second-order valence-electron chi connectivity index (χ2n) is 3.58. The van der Waals surface area contributed by atoms with E-state index in [1.54, 1.807) is 0 Å². The van der Waals surface area contributed by atoms with Crippen molar-refractivity contribution in [2.45, 2.75) is 25.7 Å². The van der Waals surface area contributed by atoms with Crippen LogP contribution in [-0.2, 0) is 0 Å². The van der Waals surface area contributed by atoms with Crippen LogP contribution in [-0.4, -0.2) is 11.7 Å². The van der Waals surface area contributed by atoms with E-state index in [1.165, 1.54) is 24.8 Å². The zero-order chi connectivity index (χ0) is 7.73. The van der Waals surface area contributed by atoms with Gasteiger partial charge in [0, 0.05) is 5.41 Å². The maximum atomic E-state index is 9.13. The van der Waals surface area contributed by atoms with Crippen LogP contribution in [0.4, 0.5) is 0 Å². The van der Waals surface area contributed by atoms with Gasteiger partial charge in [-0.1, -0.05) is 18.2 Å². The number of allylic oxidation sites excluding steroid dienone is 3. The fraction of sp³-hybridized carbons (Fsp3) is 0.600. The Bertz CT molecular complexity index is 209. The number of rotatable bonds is 2. The molecule has 0 aliphatic heterocycles. The monoisotopic (exact) mass is 150 g/mol. The fourth-order valence-electron chi connectivity index (χ4n) is 1.70. The summed E-state index contributed by atoms with van der Waals surface area (Å²) in [6, 6.07) is 0. The van der Waals surface area contributed by atoms with Gasteiger partial charge >= 0.3 is 0 Å². The fourth-order valence-corrected chi connectivity index (χ4v) is 1.70. The molecule has 2 aliphatic rings. The average molecular weight is 150 g/mol. The molecule has 2 rings (SSSR count). The van der Waals surface area contributed by atoms with Gasteiger partial charge in [-0.25, -0.2) is 0 Å². The zero-order valence-electron chi connectivity index (χ0n) is 6.71. The van der Waals surface area contributed by atoms with Gasteiger partial charge < -0.3 is 5.11 Å². The van der Waals surface area contributed by atoms with Crippen molar-refractivity contribution in [2.24, 2.45) is 5.41 Å². The largest absolute Gasteiger partial charge is 0.395 e. The molecule has 1 heteroatoms. The third kappa shape index (κ3) is 1.14. The summed E-state index contributed by atoms with van der Waals surface area (Å²) in [4.78, 5) is 0. The molecular weight excluding hydrogens is 136 g/mol. The van der Waals surface area contributed by atoms with Gasteiger partial charge in [-0.3, -0.25) is 0 Å². The van der Waals surface area contributed by atoms with E-state index in [1.807, 2.05) is 0 Å². The Kier molecular flexibility index (Phi) is 1.61. The van der Waals surface area contributed by atoms with E-state index in [0.717, 1.165) is 6.42 Å². The minimum atomic E-state index is 0.191. The molecule has 1 fully saturated rings. The average Bonchev–Trinajstić information content (AvgIpc) is 2.86. The van der Waals surface area contributed by atoms with Crippen LogP contribution < -0.4 is 0 Å². The minimum absolute atomic E-state index is 0.191.